The van der Waals surface area contributed by atoms with E-state index in [0.717, 1.165) is 16.9 Å². The van der Waals surface area contributed by atoms with Crippen LogP contribution in [0.4, 0.5) is 0 Å². The van der Waals surface area contributed by atoms with Gasteiger partial charge in [0.2, 0.25) is 6.79 Å². The molecular formula is C19H22N2O4. The summed E-state index contributed by atoms with van der Waals surface area (Å²) in [7, 11) is 1.62. The SMILES string of the molecule is COCCN(Cc1ccc2c(c1)OCO2)C(=O)c1ccc(CN)cc1. The van der Waals surface area contributed by atoms with Gasteiger partial charge in [0, 0.05) is 32.3 Å². The van der Waals surface area contributed by atoms with E-state index in [9.17, 15) is 4.79 Å². The maximum atomic E-state index is 12.9. The molecule has 132 valence electrons. The van der Waals surface area contributed by atoms with E-state index in [1.807, 2.05) is 42.5 Å². The van der Waals surface area contributed by atoms with Gasteiger partial charge in [-0.3, -0.25) is 4.79 Å². The highest BCUT2D eigenvalue weighted by Gasteiger charge is 2.18. The molecule has 2 aromatic rings. The molecule has 2 N–H and O–H groups in total. The van der Waals surface area contributed by atoms with Crippen LogP contribution in [0.1, 0.15) is 21.5 Å². The lowest BCUT2D eigenvalue weighted by molar-refractivity contribution is 0.0680. The molecule has 3 rings (SSSR count). The molecule has 1 heterocycles. The summed E-state index contributed by atoms with van der Waals surface area (Å²) in [4.78, 5) is 14.6. The van der Waals surface area contributed by atoms with Crippen LogP contribution in [0.5, 0.6) is 11.5 Å². The lowest BCUT2D eigenvalue weighted by Crippen LogP contribution is -2.33. The molecule has 6 nitrogen and oxygen atoms in total. The van der Waals surface area contributed by atoms with Crippen LogP contribution in [0, 0.1) is 0 Å². The number of nitrogens with two attached hydrogens (primary N) is 1. The fraction of sp³-hybridized carbons (Fsp3) is 0.316. The van der Waals surface area contributed by atoms with Gasteiger partial charge < -0.3 is 24.8 Å². The van der Waals surface area contributed by atoms with Crippen LogP contribution in [0.15, 0.2) is 42.5 Å². The monoisotopic (exact) mass is 342 g/mol. The topological polar surface area (TPSA) is 74.0 Å². The van der Waals surface area contributed by atoms with Gasteiger partial charge in [0.15, 0.2) is 11.5 Å². The molecule has 0 spiro atoms. The Morgan fingerprint density at radius 2 is 1.84 bits per heavy atom. The minimum absolute atomic E-state index is 0.0433. The van der Waals surface area contributed by atoms with Gasteiger partial charge in [-0.2, -0.15) is 0 Å². The number of rotatable bonds is 7. The van der Waals surface area contributed by atoms with Crippen molar-refractivity contribution in [2.45, 2.75) is 13.1 Å². The molecule has 0 unspecified atom stereocenters. The third kappa shape index (κ3) is 4.10. The van der Waals surface area contributed by atoms with Gasteiger partial charge >= 0.3 is 0 Å². The van der Waals surface area contributed by atoms with E-state index in [1.54, 1.807) is 12.0 Å². The minimum Gasteiger partial charge on any atom is -0.454 e. The van der Waals surface area contributed by atoms with E-state index in [1.165, 1.54) is 0 Å². The second-order valence-electron chi connectivity index (χ2n) is 5.81. The Hall–Kier alpha value is -2.57. The van der Waals surface area contributed by atoms with Crippen LogP contribution in [-0.4, -0.2) is 37.9 Å². The van der Waals surface area contributed by atoms with E-state index in [2.05, 4.69) is 0 Å². The number of nitrogens with zero attached hydrogens (tertiary/aromatic N) is 1. The molecule has 2 aromatic carbocycles. The average Bonchev–Trinajstić information content (AvgIpc) is 3.12. The number of benzene rings is 2. The summed E-state index contributed by atoms with van der Waals surface area (Å²) in [5.74, 6) is 1.40. The van der Waals surface area contributed by atoms with Crippen molar-refractivity contribution in [2.24, 2.45) is 5.73 Å². The highest BCUT2D eigenvalue weighted by molar-refractivity contribution is 5.94. The molecule has 0 fully saturated rings. The quantitative estimate of drug-likeness (QED) is 0.835. The second-order valence-corrected chi connectivity index (χ2v) is 5.81. The Balaban J connectivity index is 1.77. The maximum Gasteiger partial charge on any atom is 0.254 e. The molecule has 0 aromatic heterocycles. The molecule has 1 aliphatic heterocycles. The summed E-state index contributed by atoms with van der Waals surface area (Å²) in [5, 5.41) is 0. The molecule has 0 radical (unpaired) electrons. The number of methoxy groups -OCH3 is 1. The van der Waals surface area contributed by atoms with E-state index in [4.69, 9.17) is 19.9 Å². The van der Waals surface area contributed by atoms with Gasteiger partial charge in [-0.15, -0.1) is 0 Å². The van der Waals surface area contributed by atoms with Crippen LogP contribution in [0.3, 0.4) is 0 Å². The largest absolute Gasteiger partial charge is 0.454 e. The minimum atomic E-state index is -0.0433. The Morgan fingerprint density at radius 3 is 2.56 bits per heavy atom. The molecule has 0 saturated carbocycles. The van der Waals surface area contributed by atoms with Crippen LogP contribution in [0.2, 0.25) is 0 Å². The Labute approximate surface area is 147 Å². The van der Waals surface area contributed by atoms with E-state index < -0.39 is 0 Å². The first-order valence-electron chi connectivity index (χ1n) is 8.17. The zero-order valence-electron chi connectivity index (χ0n) is 14.2. The summed E-state index contributed by atoms with van der Waals surface area (Å²) in [6, 6.07) is 13.1. The molecule has 0 aliphatic carbocycles. The van der Waals surface area contributed by atoms with E-state index in [-0.39, 0.29) is 12.7 Å². The van der Waals surface area contributed by atoms with Crippen LogP contribution in [-0.2, 0) is 17.8 Å². The maximum absolute atomic E-state index is 12.9. The molecule has 0 atom stereocenters. The lowest BCUT2D eigenvalue weighted by atomic mass is 10.1. The normalized spacial score (nSPS) is 12.2. The number of amides is 1. The highest BCUT2D eigenvalue weighted by atomic mass is 16.7. The molecule has 1 aliphatic rings. The smallest absolute Gasteiger partial charge is 0.254 e. The second kappa shape index (κ2) is 8.00. The molecular weight excluding hydrogens is 320 g/mol. The van der Waals surface area contributed by atoms with Crippen molar-refractivity contribution in [3.8, 4) is 11.5 Å². The fourth-order valence-electron chi connectivity index (χ4n) is 2.68. The predicted octanol–water partition coefficient (Wildman–Crippen LogP) is 2.16. The lowest BCUT2D eigenvalue weighted by Gasteiger charge is -2.23. The van der Waals surface area contributed by atoms with E-state index >= 15 is 0 Å². The summed E-state index contributed by atoms with van der Waals surface area (Å²) in [6.07, 6.45) is 0. The first kappa shape index (κ1) is 17.3. The van der Waals surface area contributed by atoms with Gasteiger partial charge in [0.05, 0.1) is 6.61 Å². The van der Waals surface area contributed by atoms with Crippen molar-refractivity contribution >= 4 is 5.91 Å². The van der Waals surface area contributed by atoms with Gasteiger partial charge in [-0.25, -0.2) is 0 Å². The summed E-state index contributed by atoms with van der Waals surface area (Å²) in [6.45, 7) is 2.13. The Kier molecular flexibility index (Phi) is 5.53. The first-order valence-corrected chi connectivity index (χ1v) is 8.17. The van der Waals surface area contributed by atoms with Crippen molar-refractivity contribution in [1.82, 2.24) is 4.90 Å². The number of ether oxygens (including phenoxy) is 3. The van der Waals surface area contributed by atoms with Gasteiger partial charge in [-0.1, -0.05) is 18.2 Å². The third-order valence-electron chi connectivity index (χ3n) is 4.10. The van der Waals surface area contributed by atoms with Crippen LogP contribution in [0.25, 0.3) is 0 Å². The number of hydrogen-bond donors (Lipinski definition) is 1. The first-order chi connectivity index (χ1) is 12.2. The number of carbonyl (C=O) groups excluding carboxylic acids is 1. The third-order valence-corrected chi connectivity index (χ3v) is 4.10. The summed E-state index contributed by atoms with van der Waals surface area (Å²) >= 11 is 0. The van der Waals surface area contributed by atoms with E-state index in [0.29, 0.717) is 37.6 Å². The van der Waals surface area contributed by atoms with Crippen molar-refractivity contribution in [1.29, 1.82) is 0 Å². The van der Waals surface area contributed by atoms with Gasteiger partial charge in [-0.05, 0) is 35.4 Å². The van der Waals surface area contributed by atoms with Crippen LogP contribution < -0.4 is 15.2 Å². The highest BCUT2D eigenvalue weighted by Crippen LogP contribution is 2.32. The Morgan fingerprint density at radius 1 is 1.12 bits per heavy atom. The fourth-order valence-corrected chi connectivity index (χ4v) is 2.68. The number of fused-ring (bicyclic) bond motifs is 1. The van der Waals surface area contributed by atoms with Gasteiger partial charge in [0.1, 0.15) is 0 Å². The molecule has 1 amide bonds. The molecule has 0 saturated heterocycles. The van der Waals surface area contributed by atoms with Gasteiger partial charge in [0.25, 0.3) is 5.91 Å². The van der Waals surface area contributed by atoms with Crippen molar-refractivity contribution < 1.29 is 19.0 Å². The molecule has 25 heavy (non-hydrogen) atoms. The summed E-state index contributed by atoms with van der Waals surface area (Å²) < 4.78 is 15.9. The molecule has 6 heteroatoms. The zero-order chi connectivity index (χ0) is 17.6. The Bertz CT molecular complexity index is 731. The predicted molar refractivity (Wildman–Crippen MR) is 93.5 cm³/mol. The number of hydrogen-bond acceptors (Lipinski definition) is 5. The van der Waals surface area contributed by atoms with Crippen LogP contribution >= 0.6 is 0 Å². The van der Waals surface area contributed by atoms with Crippen molar-refractivity contribution in [3.63, 3.8) is 0 Å². The average molecular weight is 342 g/mol. The van der Waals surface area contributed by atoms with Crippen molar-refractivity contribution in [3.05, 3.63) is 59.2 Å². The standard InChI is InChI=1S/C19H22N2O4/c1-23-9-8-21(19(22)16-5-2-14(11-20)3-6-16)12-15-4-7-17-18(10-15)25-13-24-17/h2-7,10H,8-9,11-13,20H2,1H3. The zero-order valence-corrected chi connectivity index (χ0v) is 14.2. The number of carbonyl (C=O) groups is 1. The molecule has 0 bridgehead atoms. The van der Waals surface area contributed by atoms with Crippen molar-refractivity contribution in [2.75, 3.05) is 27.1 Å². The summed E-state index contributed by atoms with van der Waals surface area (Å²) in [5.41, 5.74) is 8.22.